The zero-order valence-electron chi connectivity index (χ0n) is 16.5. The molecule has 1 aliphatic heterocycles. The summed E-state index contributed by atoms with van der Waals surface area (Å²) in [4.78, 5) is 26.3. The summed E-state index contributed by atoms with van der Waals surface area (Å²) < 4.78 is 20.0. The first-order valence-corrected chi connectivity index (χ1v) is 10.3. The topological polar surface area (TPSA) is 58.6 Å². The van der Waals surface area contributed by atoms with Crippen molar-refractivity contribution in [1.29, 1.82) is 0 Å². The smallest absolute Gasteiger partial charge is 0.270 e. The molecule has 0 unspecified atom stereocenters. The Morgan fingerprint density at radius 3 is 2.38 bits per heavy atom. The van der Waals surface area contributed by atoms with E-state index in [1.54, 1.807) is 42.5 Å². The van der Waals surface area contributed by atoms with Crippen LogP contribution < -0.4 is 15.0 Å². The first kappa shape index (κ1) is 21.7. The van der Waals surface area contributed by atoms with E-state index in [9.17, 15) is 14.0 Å². The summed E-state index contributed by atoms with van der Waals surface area (Å²) in [5.74, 6) is -1.35. The fourth-order valence-corrected chi connectivity index (χ4v) is 3.48. The van der Waals surface area contributed by atoms with E-state index in [0.717, 1.165) is 10.5 Å². The molecule has 3 aromatic rings. The fraction of sp³-hybridized carbons (Fsp3) is 0.0417. The molecule has 2 amide bonds. The third-order valence-corrected chi connectivity index (χ3v) is 5.24. The van der Waals surface area contributed by atoms with Crippen LogP contribution in [-0.2, 0) is 16.2 Å². The Morgan fingerprint density at radius 2 is 1.69 bits per heavy atom. The van der Waals surface area contributed by atoms with E-state index in [1.165, 1.54) is 24.3 Å². The molecule has 0 spiro atoms. The van der Waals surface area contributed by atoms with Crippen molar-refractivity contribution in [3.63, 3.8) is 0 Å². The molecule has 1 fully saturated rings. The van der Waals surface area contributed by atoms with Gasteiger partial charge in [-0.15, -0.1) is 0 Å². The van der Waals surface area contributed by atoms with Crippen LogP contribution in [0.2, 0.25) is 5.02 Å². The molecule has 0 radical (unpaired) electrons. The normalized spacial score (nSPS) is 15.1. The van der Waals surface area contributed by atoms with Gasteiger partial charge in [0.2, 0.25) is 0 Å². The second-order valence-corrected chi connectivity index (χ2v) is 7.72. The zero-order valence-corrected chi connectivity index (χ0v) is 18.1. The third-order valence-electron chi connectivity index (χ3n) is 4.70. The molecule has 8 heteroatoms. The predicted octanol–water partition coefficient (Wildman–Crippen LogP) is 4.89. The number of nitrogens with zero attached hydrogens (tertiary/aromatic N) is 1. The lowest BCUT2D eigenvalue weighted by Gasteiger charge is -2.29. The Labute approximate surface area is 194 Å². The molecule has 0 atom stereocenters. The molecule has 0 aromatic heterocycles. The van der Waals surface area contributed by atoms with Crippen molar-refractivity contribution in [2.45, 2.75) is 6.61 Å². The highest BCUT2D eigenvalue weighted by molar-refractivity contribution is 7.80. The molecule has 32 heavy (non-hydrogen) atoms. The number of rotatable bonds is 5. The summed E-state index contributed by atoms with van der Waals surface area (Å²) in [7, 11) is 0. The zero-order chi connectivity index (χ0) is 22.7. The molecule has 0 bridgehead atoms. The summed E-state index contributed by atoms with van der Waals surface area (Å²) >= 11 is 11.0. The van der Waals surface area contributed by atoms with Crippen molar-refractivity contribution >= 4 is 52.5 Å². The SMILES string of the molecule is O=C1NC(=S)N(c2ccccc2F)C(=O)/C1=C\c1ccc(OCc2ccc(Cl)cc2)cc1. The minimum absolute atomic E-state index is 0.0284. The Kier molecular flexibility index (Phi) is 6.30. The summed E-state index contributed by atoms with van der Waals surface area (Å²) in [6, 6.07) is 19.9. The molecule has 3 aromatic carbocycles. The van der Waals surface area contributed by atoms with Crippen LogP contribution in [0.5, 0.6) is 5.75 Å². The standard InChI is InChI=1S/C24H16ClFN2O3S/c25-17-9-5-16(6-10-17)14-31-18-11-7-15(8-12-18)13-19-22(29)27-24(32)28(23(19)30)21-4-2-1-3-20(21)26/h1-13H,14H2,(H,27,29,32)/b19-13-. The van der Waals surface area contributed by atoms with Gasteiger partial charge in [-0.2, -0.15) is 0 Å². The molecule has 1 aliphatic rings. The number of hydrogen-bond acceptors (Lipinski definition) is 4. The van der Waals surface area contributed by atoms with Gasteiger partial charge in [0.25, 0.3) is 11.8 Å². The highest BCUT2D eigenvalue weighted by Gasteiger charge is 2.35. The van der Waals surface area contributed by atoms with E-state index in [2.05, 4.69) is 5.32 Å². The third kappa shape index (κ3) is 4.69. The molecular formula is C24H16ClFN2O3S. The molecule has 160 valence electrons. The number of nitrogens with one attached hydrogen (secondary N) is 1. The van der Waals surface area contributed by atoms with Gasteiger partial charge in [0, 0.05) is 5.02 Å². The van der Waals surface area contributed by atoms with Crippen LogP contribution in [0.1, 0.15) is 11.1 Å². The number of carbonyl (C=O) groups excluding carboxylic acids is 2. The Morgan fingerprint density at radius 1 is 1.00 bits per heavy atom. The van der Waals surface area contributed by atoms with Crippen LogP contribution >= 0.6 is 23.8 Å². The largest absolute Gasteiger partial charge is 0.489 e. The molecule has 0 aliphatic carbocycles. The number of thiocarbonyl (C=S) groups is 1. The number of carbonyl (C=O) groups is 2. The van der Waals surface area contributed by atoms with Gasteiger partial charge in [0.1, 0.15) is 23.7 Å². The molecule has 5 nitrogen and oxygen atoms in total. The average molecular weight is 467 g/mol. The molecule has 1 N–H and O–H groups in total. The summed E-state index contributed by atoms with van der Waals surface area (Å²) in [5.41, 5.74) is 1.38. The van der Waals surface area contributed by atoms with Gasteiger partial charge < -0.3 is 4.74 Å². The molecule has 0 saturated carbocycles. The lowest BCUT2D eigenvalue weighted by Crippen LogP contribution is -2.54. The summed E-state index contributed by atoms with van der Waals surface area (Å²) in [6.07, 6.45) is 1.43. The molecule has 1 saturated heterocycles. The Bertz CT molecular complexity index is 1230. The minimum atomic E-state index is -0.702. The van der Waals surface area contributed by atoms with E-state index < -0.39 is 17.6 Å². The van der Waals surface area contributed by atoms with Crippen LogP contribution in [0, 0.1) is 5.82 Å². The van der Waals surface area contributed by atoms with Crippen LogP contribution in [0.4, 0.5) is 10.1 Å². The van der Waals surface area contributed by atoms with E-state index in [-0.39, 0.29) is 16.4 Å². The van der Waals surface area contributed by atoms with Crippen molar-refractivity contribution in [2.24, 2.45) is 0 Å². The van der Waals surface area contributed by atoms with E-state index in [0.29, 0.717) is 22.9 Å². The van der Waals surface area contributed by atoms with E-state index >= 15 is 0 Å². The maximum atomic E-state index is 14.2. The van der Waals surface area contributed by atoms with Gasteiger partial charge in [0.05, 0.1) is 5.69 Å². The highest BCUT2D eigenvalue weighted by atomic mass is 35.5. The number of halogens is 2. The summed E-state index contributed by atoms with van der Waals surface area (Å²) in [6.45, 7) is 0.369. The molecule has 1 heterocycles. The van der Waals surface area contributed by atoms with Gasteiger partial charge in [-0.3, -0.25) is 14.9 Å². The number of anilines is 1. The van der Waals surface area contributed by atoms with Crippen LogP contribution in [0.25, 0.3) is 6.08 Å². The van der Waals surface area contributed by atoms with Gasteiger partial charge in [0.15, 0.2) is 5.11 Å². The van der Waals surface area contributed by atoms with Crippen LogP contribution in [0.3, 0.4) is 0 Å². The van der Waals surface area contributed by atoms with E-state index in [4.69, 9.17) is 28.6 Å². The Balaban J connectivity index is 1.52. The van der Waals surface area contributed by atoms with Crippen molar-refractivity contribution in [3.05, 3.63) is 100 Å². The minimum Gasteiger partial charge on any atom is -0.489 e. The van der Waals surface area contributed by atoms with Crippen LogP contribution in [-0.4, -0.2) is 16.9 Å². The lowest BCUT2D eigenvalue weighted by molar-refractivity contribution is -0.122. The van der Waals surface area contributed by atoms with Gasteiger partial charge in [-0.05, 0) is 65.8 Å². The first-order chi connectivity index (χ1) is 15.4. The monoisotopic (exact) mass is 466 g/mol. The van der Waals surface area contributed by atoms with Gasteiger partial charge in [-0.1, -0.05) is 48.0 Å². The highest BCUT2D eigenvalue weighted by Crippen LogP contribution is 2.25. The maximum Gasteiger partial charge on any atom is 0.270 e. The van der Waals surface area contributed by atoms with Crippen molar-refractivity contribution < 1.29 is 18.7 Å². The van der Waals surface area contributed by atoms with E-state index in [1.807, 2.05) is 12.1 Å². The number of hydrogen-bond donors (Lipinski definition) is 1. The quantitative estimate of drug-likeness (QED) is 0.330. The van der Waals surface area contributed by atoms with Crippen LogP contribution in [0.15, 0.2) is 78.4 Å². The lowest BCUT2D eigenvalue weighted by atomic mass is 10.1. The average Bonchev–Trinajstić information content (AvgIpc) is 2.78. The number of benzene rings is 3. The van der Waals surface area contributed by atoms with Gasteiger partial charge in [-0.25, -0.2) is 9.29 Å². The van der Waals surface area contributed by atoms with Crippen molar-refractivity contribution in [2.75, 3.05) is 4.90 Å². The second kappa shape index (κ2) is 9.30. The first-order valence-electron chi connectivity index (χ1n) is 9.55. The number of para-hydroxylation sites is 1. The predicted molar refractivity (Wildman–Crippen MR) is 125 cm³/mol. The van der Waals surface area contributed by atoms with Gasteiger partial charge >= 0.3 is 0 Å². The number of amides is 2. The van der Waals surface area contributed by atoms with Crippen molar-refractivity contribution in [3.8, 4) is 5.75 Å². The molecular weight excluding hydrogens is 451 g/mol. The Hall–Kier alpha value is -3.55. The maximum absolute atomic E-state index is 14.2. The second-order valence-electron chi connectivity index (χ2n) is 6.89. The summed E-state index contributed by atoms with van der Waals surface area (Å²) in [5, 5.41) is 2.92. The number of ether oxygens (including phenoxy) is 1. The van der Waals surface area contributed by atoms with Crippen molar-refractivity contribution in [1.82, 2.24) is 5.32 Å². The molecule has 4 rings (SSSR count). The fourth-order valence-electron chi connectivity index (χ4n) is 3.08.